The minimum absolute atomic E-state index is 0.261. The van der Waals surface area contributed by atoms with Crippen molar-refractivity contribution in [2.24, 2.45) is 4.40 Å². The molecule has 2 aromatic heterocycles. The predicted molar refractivity (Wildman–Crippen MR) is 107 cm³/mol. The molecule has 0 aliphatic heterocycles. The van der Waals surface area contributed by atoms with Gasteiger partial charge in [-0.05, 0) is 44.5 Å². The molecule has 1 atom stereocenters. The summed E-state index contributed by atoms with van der Waals surface area (Å²) in [5, 5.41) is 1.94. The molecule has 0 N–H and O–H groups in total. The van der Waals surface area contributed by atoms with Crippen molar-refractivity contribution in [3.05, 3.63) is 62.6 Å². The van der Waals surface area contributed by atoms with E-state index in [0.29, 0.717) is 16.0 Å². The first-order valence-corrected chi connectivity index (χ1v) is 10.1. The number of benzene rings is 1. The van der Waals surface area contributed by atoms with E-state index >= 15 is 0 Å². The molecule has 0 saturated heterocycles. The minimum Gasteiger partial charge on any atom is -0.268 e. The van der Waals surface area contributed by atoms with E-state index in [-0.39, 0.29) is 16.3 Å². The lowest BCUT2D eigenvalue weighted by Crippen LogP contribution is -2.20. The molecule has 8 heteroatoms. The highest BCUT2D eigenvalue weighted by molar-refractivity contribution is 7.85. The largest absolute Gasteiger partial charge is 0.268 e. The summed E-state index contributed by atoms with van der Waals surface area (Å²) >= 11 is 7.43. The van der Waals surface area contributed by atoms with E-state index in [4.69, 9.17) is 11.6 Å². The third-order valence-electron chi connectivity index (χ3n) is 3.62. The molecule has 2 heterocycles. The van der Waals surface area contributed by atoms with E-state index in [0.717, 1.165) is 0 Å². The number of fused-ring (bicyclic) bond motifs is 1. The van der Waals surface area contributed by atoms with Gasteiger partial charge in [-0.25, -0.2) is 8.60 Å². The van der Waals surface area contributed by atoms with Crippen molar-refractivity contribution in [2.75, 3.05) is 0 Å². The zero-order valence-corrected chi connectivity index (χ0v) is 16.7. The summed E-state index contributed by atoms with van der Waals surface area (Å²) in [6.45, 7) is 5.43. The van der Waals surface area contributed by atoms with Gasteiger partial charge in [0.25, 0.3) is 5.56 Å². The zero-order valence-electron chi connectivity index (χ0n) is 14.3. The molecule has 0 amide bonds. The van der Waals surface area contributed by atoms with Crippen LogP contribution in [0.15, 0.2) is 44.9 Å². The first-order valence-electron chi connectivity index (χ1n) is 7.73. The van der Waals surface area contributed by atoms with Gasteiger partial charge < -0.3 is 0 Å². The quantitative estimate of drug-likeness (QED) is 0.587. The summed E-state index contributed by atoms with van der Waals surface area (Å²) in [4.78, 5) is 13.6. The fraction of sp³-hybridized carbons (Fsp3) is 0.222. The standard InChI is InChI=1S/C18H16ClFN2O2S2/c1-18(2,3)26(24)21-9-12-8-15-22(14(19)10-25-15)17(23)16(12)11-5-4-6-13(20)7-11/h4-10H,1-3H3. The van der Waals surface area contributed by atoms with Crippen molar-refractivity contribution in [1.29, 1.82) is 0 Å². The summed E-state index contributed by atoms with van der Waals surface area (Å²) in [7, 11) is -1.48. The lowest BCUT2D eigenvalue weighted by molar-refractivity contribution is 0.628. The van der Waals surface area contributed by atoms with Crippen LogP contribution in [-0.4, -0.2) is 19.6 Å². The van der Waals surface area contributed by atoms with Gasteiger partial charge in [0.1, 0.15) is 26.8 Å². The molecule has 0 fully saturated rings. The normalized spacial score (nSPS) is 13.6. The molecule has 1 unspecified atom stereocenters. The van der Waals surface area contributed by atoms with Gasteiger partial charge in [-0.1, -0.05) is 23.7 Å². The van der Waals surface area contributed by atoms with Crippen LogP contribution in [0.2, 0.25) is 5.15 Å². The van der Waals surface area contributed by atoms with Gasteiger partial charge in [0.15, 0.2) is 0 Å². The van der Waals surface area contributed by atoms with Crippen molar-refractivity contribution in [3.8, 4) is 11.1 Å². The molecule has 0 spiro atoms. The van der Waals surface area contributed by atoms with Gasteiger partial charge >= 0.3 is 0 Å². The number of halogens is 2. The molecule has 1 aromatic carbocycles. The van der Waals surface area contributed by atoms with Crippen molar-refractivity contribution in [3.63, 3.8) is 0 Å². The second kappa shape index (κ2) is 7.06. The molecule has 4 nitrogen and oxygen atoms in total. The Kier molecular flexibility index (Phi) is 5.14. The van der Waals surface area contributed by atoms with Crippen LogP contribution in [-0.2, 0) is 11.0 Å². The lowest BCUT2D eigenvalue weighted by Gasteiger charge is -2.13. The highest BCUT2D eigenvalue weighted by Crippen LogP contribution is 2.26. The van der Waals surface area contributed by atoms with Crippen molar-refractivity contribution < 1.29 is 8.60 Å². The van der Waals surface area contributed by atoms with Gasteiger partial charge in [0.05, 0.1) is 10.3 Å². The molecule has 0 radical (unpaired) electrons. The van der Waals surface area contributed by atoms with Crippen molar-refractivity contribution >= 4 is 45.0 Å². The molecule has 3 aromatic rings. The maximum absolute atomic E-state index is 13.7. The van der Waals surface area contributed by atoms with E-state index < -0.39 is 21.5 Å². The molecule has 0 saturated carbocycles. The van der Waals surface area contributed by atoms with Crippen LogP contribution in [0, 0.1) is 5.82 Å². The van der Waals surface area contributed by atoms with E-state index in [1.807, 2.05) is 20.8 Å². The number of pyridine rings is 1. The first kappa shape index (κ1) is 18.9. The monoisotopic (exact) mass is 410 g/mol. The maximum Gasteiger partial charge on any atom is 0.265 e. The van der Waals surface area contributed by atoms with Gasteiger partial charge in [-0.15, -0.1) is 11.3 Å². The van der Waals surface area contributed by atoms with Crippen LogP contribution < -0.4 is 5.56 Å². The predicted octanol–water partition coefficient (Wildman–Crippen LogP) is 4.70. The van der Waals surface area contributed by atoms with Gasteiger partial charge in [-0.2, -0.15) is 4.40 Å². The molecule has 26 heavy (non-hydrogen) atoms. The Balaban J connectivity index is 2.27. The highest BCUT2D eigenvalue weighted by atomic mass is 35.5. The number of hydrogen-bond donors (Lipinski definition) is 0. The van der Waals surface area contributed by atoms with Crippen LogP contribution in [0.4, 0.5) is 4.39 Å². The molecule has 136 valence electrons. The van der Waals surface area contributed by atoms with E-state index in [2.05, 4.69) is 4.40 Å². The SMILES string of the molecule is CC(C)(C)S(=O)N=Cc1cc2scc(Cl)n2c(=O)c1-c1cccc(F)c1. The van der Waals surface area contributed by atoms with Gasteiger partial charge in [0, 0.05) is 17.2 Å². The first-order chi connectivity index (χ1) is 12.2. The molecule has 0 aliphatic carbocycles. The summed E-state index contributed by atoms with van der Waals surface area (Å²) in [6, 6.07) is 7.50. The number of hydrogen-bond acceptors (Lipinski definition) is 3. The highest BCUT2D eigenvalue weighted by Gasteiger charge is 2.20. The minimum atomic E-state index is -1.48. The van der Waals surface area contributed by atoms with Crippen molar-refractivity contribution in [2.45, 2.75) is 25.5 Å². The lowest BCUT2D eigenvalue weighted by atomic mass is 10.0. The Morgan fingerprint density at radius 3 is 2.69 bits per heavy atom. The van der Waals surface area contributed by atoms with E-state index in [9.17, 15) is 13.4 Å². The summed E-state index contributed by atoms with van der Waals surface area (Å²) in [6.07, 6.45) is 1.41. The van der Waals surface area contributed by atoms with Crippen LogP contribution in [0.25, 0.3) is 16.0 Å². The Morgan fingerprint density at radius 2 is 2.04 bits per heavy atom. The average molecular weight is 411 g/mol. The Morgan fingerprint density at radius 1 is 1.31 bits per heavy atom. The smallest absolute Gasteiger partial charge is 0.265 e. The van der Waals surface area contributed by atoms with Crippen LogP contribution in [0.3, 0.4) is 0 Å². The molecule has 0 bridgehead atoms. The van der Waals surface area contributed by atoms with Crippen molar-refractivity contribution in [1.82, 2.24) is 4.40 Å². The summed E-state index contributed by atoms with van der Waals surface area (Å²) in [5.41, 5.74) is 0.769. The van der Waals surface area contributed by atoms with E-state index in [1.165, 1.54) is 40.2 Å². The fourth-order valence-electron chi connectivity index (χ4n) is 2.35. The van der Waals surface area contributed by atoms with Crippen LogP contribution in [0.5, 0.6) is 0 Å². The molecular weight excluding hydrogens is 395 g/mol. The number of nitrogens with zero attached hydrogens (tertiary/aromatic N) is 2. The summed E-state index contributed by atoms with van der Waals surface area (Å²) in [5.74, 6) is -0.454. The van der Waals surface area contributed by atoms with E-state index in [1.54, 1.807) is 17.5 Å². The molecule has 3 rings (SSSR count). The Hall–Kier alpha value is -1.83. The average Bonchev–Trinajstić information content (AvgIpc) is 2.93. The molecular formula is C18H16ClFN2O2S2. The number of rotatable bonds is 3. The molecule has 0 aliphatic rings. The Bertz CT molecular complexity index is 1100. The Labute approximate surface area is 161 Å². The number of aromatic nitrogens is 1. The summed E-state index contributed by atoms with van der Waals surface area (Å²) < 4.78 is 30.9. The fourth-order valence-corrected chi connectivity index (χ4v) is 4.04. The van der Waals surface area contributed by atoms with Crippen LogP contribution >= 0.6 is 22.9 Å². The third-order valence-corrected chi connectivity index (χ3v) is 6.26. The van der Waals surface area contributed by atoms with Gasteiger partial charge in [0.2, 0.25) is 0 Å². The maximum atomic E-state index is 13.7. The number of thiazole rings is 1. The topological polar surface area (TPSA) is 50.9 Å². The second-order valence-electron chi connectivity index (χ2n) is 6.62. The van der Waals surface area contributed by atoms with Crippen LogP contribution in [0.1, 0.15) is 26.3 Å². The zero-order chi connectivity index (χ0) is 19.1. The second-order valence-corrected chi connectivity index (χ2v) is 9.83. The third kappa shape index (κ3) is 3.65. The van der Waals surface area contributed by atoms with Gasteiger partial charge in [-0.3, -0.25) is 9.20 Å².